The Balaban J connectivity index is 2.35. The summed E-state index contributed by atoms with van der Waals surface area (Å²) < 4.78 is 25.9. The molecule has 4 unspecified atom stereocenters. The van der Waals surface area contributed by atoms with Gasteiger partial charge in [-0.1, -0.05) is 19.9 Å². The van der Waals surface area contributed by atoms with Gasteiger partial charge in [0, 0.05) is 6.04 Å². The van der Waals surface area contributed by atoms with Crippen LogP contribution in [0.2, 0.25) is 0 Å². The molecule has 1 aliphatic carbocycles. The molecular weight excluding hydrogens is 266 g/mol. The molecule has 1 aliphatic rings. The van der Waals surface area contributed by atoms with E-state index in [1.165, 1.54) is 11.3 Å². The summed E-state index contributed by atoms with van der Waals surface area (Å²) in [6, 6.07) is 3.59. The fourth-order valence-electron chi connectivity index (χ4n) is 3.19. The van der Waals surface area contributed by atoms with Crippen molar-refractivity contribution in [1.82, 2.24) is 5.32 Å². The molecular formula is C13H21NO2S2. The van der Waals surface area contributed by atoms with E-state index in [2.05, 4.69) is 19.2 Å². The molecule has 4 atom stereocenters. The summed E-state index contributed by atoms with van der Waals surface area (Å²) in [5.74, 6) is 0.797. The lowest BCUT2D eigenvalue weighted by Gasteiger charge is -2.38. The number of hydrogen-bond acceptors (Lipinski definition) is 4. The topological polar surface area (TPSA) is 46.2 Å². The van der Waals surface area contributed by atoms with Crippen molar-refractivity contribution in [2.75, 3.05) is 7.05 Å². The first-order valence-electron chi connectivity index (χ1n) is 6.41. The SMILES string of the molecule is CNC1CC(C)CC(C)C1S(=O)(=O)c1cccs1. The first-order chi connectivity index (χ1) is 8.46. The Morgan fingerprint density at radius 3 is 2.61 bits per heavy atom. The van der Waals surface area contributed by atoms with Crippen LogP contribution in [-0.2, 0) is 9.84 Å². The van der Waals surface area contributed by atoms with E-state index in [0.717, 1.165) is 12.8 Å². The average Bonchev–Trinajstić information content (AvgIpc) is 2.81. The zero-order valence-electron chi connectivity index (χ0n) is 11.1. The largest absolute Gasteiger partial charge is 0.316 e. The van der Waals surface area contributed by atoms with E-state index in [1.807, 2.05) is 18.5 Å². The molecule has 1 heterocycles. The van der Waals surface area contributed by atoms with Crippen molar-refractivity contribution in [3.8, 4) is 0 Å². The third-order valence-electron chi connectivity index (χ3n) is 3.89. The molecule has 1 saturated carbocycles. The van der Waals surface area contributed by atoms with Gasteiger partial charge in [-0.3, -0.25) is 0 Å². The van der Waals surface area contributed by atoms with Gasteiger partial charge in [0.25, 0.3) is 0 Å². The Morgan fingerprint density at radius 2 is 2.06 bits per heavy atom. The predicted octanol–water partition coefficient (Wildman–Crippen LogP) is 2.54. The Labute approximate surface area is 114 Å². The van der Waals surface area contributed by atoms with E-state index in [4.69, 9.17) is 0 Å². The first-order valence-corrected chi connectivity index (χ1v) is 8.84. The number of hydrogen-bond donors (Lipinski definition) is 1. The maximum atomic E-state index is 12.7. The minimum atomic E-state index is -3.20. The Hall–Kier alpha value is -0.390. The molecule has 3 nitrogen and oxygen atoms in total. The number of rotatable bonds is 3. The molecule has 0 amide bonds. The Kier molecular flexibility index (Phi) is 4.14. The second-order valence-electron chi connectivity index (χ2n) is 5.39. The molecule has 102 valence electrons. The van der Waals surface area contributed by atoms with Crippen LogP contribution in [0.1, 0.15) is 26.7 Å². The third-order valence-corrected chi connectivity index (χ3v) is 7.75. The van der Waals surface area contributed by atoms with Gasteiger partial charge in [0.2, 0.25) is 0 Å². The molecule has 0 bridgehead atoms. The summed E-state index contributed by atoms with van der Waals surface area (Å²) >= 11 is 1.32. The van der Waals surface area contributed by atoms with E-state index in [-0.39, 0.29) is 17.2 Å². The van der Waals surface area contributed by atoms with Gasteiger partial charge >= 0.3 is 0 Å². The molecule has 18 heavy (non-hydrogen) atoms. The highest BCUT2D eigenvalue weighted by Gasteiger charge is 2.42. The van der Waals surface area contributed by atoms with E-state index in [1.54, 1.807) is 6.07 Å². The maximum Gasteiger partial charge on any atom is 0.192 e. The molecule has 0 spiro atoms. The minimum absolute atomic E-state index is 0.0656. The molecule has 0 aliphatic heterocycles. The second-order valence-corrected chi connectivity index (χ2v) is 8.67. The standard InChI is InChI=1S/C13H21NO2S2/c1-9-7-10(2)13(11(8-9)14-3)18(15,16)12-5-4-6-17-12/h4-6,9-11,13-14H,7-8H2,1-3H3. The van der Waals surface area contributed by atoms with Gasteiger partial charge < -0.3 is 5.32 Å². The first kappa shape index (κ1) is 14.0. The van der Waals surface area contributed by atoms with Crippen LogP contribution >= 0.6 is 11.3 Å². The van der Waals surface area contributed by atoms with Gasteiger partial charge in [-0.15, -0.1) is 11.3 Å². The van der Waals surface area contributed by atoms with Crippen LogP contribution in [0.5, 0.6) is 0 Å². The van der Waals surface area contributed by atoms with Crippen molar-refractivity contribution in [3.63, 3.8) is 0 Å². The monoisotopic (exact) mass is 287 g/mol. The van der Waals surface area contributed by atoms with Crippen LogP contribution in [0, 0.1) is 11.8 Å². The number of thiophene rings is 1. The Bertz CT molecular complexity index is 481. The van der Waals surface area contributed by atoms with Crippen molar-refractivity contribution in [2.45, 2.75) is 42.2 Å². The molecule has 1 aromatic heterocycles. The summed E-state index contributed by atoms with van der Waals surface area (Å²) in [5, 5.41) is 4.74. The van der Waals surface area contributed by atoms with Gasteiger partial charge in [0.1, 0.15) is 4.21 Å². The van der Waals surface area contributed by atoms with E-state index in [0.29, 0.717) is 10.1 Å². The quantitative estimate of drug-likeness (QED) is 0.929. The number of nitrogens with one attached hydrogen (secondary N) is 1. The van der Waals surface area contributed by atoms with Crippen LogP contribution in [0.15, 0.2) is 21.7 Å². The molecule has 1 fully saturated rings. The lowest BCUT2D eigenvalue weighted by molar-refractivity contribution is 0.249. The van der Waals surface area contributed by atoms with Gasteiger partial charge in [-0.2, -0.15) is 0 Å². The minimum Gasteiger partial charge on any atom is -0.316 e. The van der Waals surface area contributed by atoms with Crippen LogP contribution in [0.3, 0.4) is 0 Å². The van der Waals surface area contributed by atoms with Crippen molar-refractivity contribution < 1.29 is 8.42 Å². The lowest BCUT2D eigenvalue weighted by Crippen LogP contribution is -2.50. The molecule has 2 rings (SSSR count). The average molecular weight is 287 g/mol. The molecule has 0 saturated heterocycles. The van der Waals surface area contributed by atoms with E-state index >= 15 is 0 Å². The molecule has 5 heteroatoms. The third kappa shape index (κ3) is 2.49. The zero-order chi connectivity index (χ0) is 13.3. The highest BCUT2D eigenvalue weighted by Crippen LogP contribution is 2.36. The fourth-order valence-corrected chi connectivity index (χ4v) is 6.62. The molecule has 0 radical (unpaired) electrons. The van der Waals surface area contributed by atoms with Gasteiger partial charge in [-0.05, 0) is 43.2 Å². The van der Waals surface area contributed by atoms with Crippen molar-refractivity contribution >= 4 is 21.2 Å². The summed E-state index contributed by atoms with van der Waals surface area (Å²) in [6.07, 6.45) is 1.93. The van der Waals surface area contributed by atoms with Gasteiger partial charge in [-0.25, -0.2) is 8.42 Å². The second kappa shape index (κ2) is 5.31. The van der Waals surface area contributed by atoms with Crippen LogP contribution < -0.4 is 5.32 Å². The van der Waals surface area contributed by atoms with Crippen LogP contribution in [0.4, 0.5) is 0 Å². The van der Waals surface area contributed by atoms with E-state index in [9.17, 15) is 8.42 Å². The molecule has 1 aromatic rings. The van der Waals surface area contributed by atoms with Crippen molar-refractivity contribution in [1.29, 1.82) is 0 Å². The van der Waals surface area contributed by atoms with Crippen LogP contribution in [0.25, 0.3) is 0 Å². The Morgan fingerprint density at radius 1 is 1.33 bits per heavy atom. The number of sulfone groups is 1. The van der Waals surface area contributed by atoms with Gasteiger partial charge in [0.15, 0.2) is 9.84 Å². The lowest BCUT2D eigenvalue weighted by atomic mass is 9.80. The van der Waals surface area contributed by atoms with Crippen molar-refractivity contribution in [3.05, 3.63) is 17.5 Å². The summed E-state index contributed by atoms with van der Waals surface area (Å²) in [7, 11) is -1.33. The van der Waals surface area contributed by atoms with Crippen molar-refractivity contribution in [2.24, 2.45) is 11.8 Å². The smallest absolute Gasteiger partial charge is 0.192 e. The molecule has 0 aromatic carbocycles. The summed E-state index contributed by atoms with van der Waals surface area (Å²) in [6.45, 7) is 4.27. The summed E-state index contributed by atoms with van der Waals surface area (Å²) in [5.41, 5.74) is 0. The zero-order valence-corrected chi connectivity index (χ0v) is 12.7. The highest BCUT2D eigenvalue weighted by atomic mass is 32.2. The van der Waals surface area contributed by atoms with E-state index < -0.39 is 9.84 Å². The molecule has 1 N–H and O–H groups in total. The predicted molar refractivity (Wildman–Crippen MR) is 75.7 cm³/mol. The van der Waals surface area contributed by atoms with Crippen LogP contribution in [-0.4, -0.2) is 26.8 Å². The fraction of sp³-hybridized carbons (Fsp3) is 0.692. The van der Waals surface area contributed by atoms with Gasteiger partial charge in [0.05, 0.1) is 5.25 Å². The maximum absolute atomic E-state index is 12.7. The normalized spacial score (nSPS) is 33.5. The highest BCUT2D eigenvalue weighted by molar-refractivity contribution is 7.94. The summed E-state index contributed by atoms with van der Waals surface area (Å²) in [4.78, 5) is 0.